The van der Waals surface area contributed by atoms with E-state index >= 15 is 0 Å². The summed E-state index contributed by atoms with van der Waals surface area (Å²) >= 11 is 0. The number of aryl methyl sites for hydroxylation is 1. The Kier molecular flexibility index (Phi) is 4.42. The van der Waals surface area contributed by atoms with Gasteiger partial charge in [-0.1, -0.05) is 29.8 Å². The number of rotatable bonds is 5. The predicted octanol–water partition coefficient (Wildman–Crippen LogP) is 4.42. The van der Waals surface area contributed by atoms with Crippen LogP contribution >= 0.6 is 0 Å². The maximum atomic E-state index is 11.5. The normalized spacial score (nSPS) is 12.0. The minimum absolute atomic E-state index is 0.0331. The van der Waals surface area contributed by atoms with Crippen LogP contribution in [-0.4, -0.2) is 16.0 Å². The molecule has 1 unspecified atom stereocenters. The molecule has 5 heteroatoms. The van der Waals surface area contributed by atoms with Crippen LogP contribution in [0.2, 0.25) is 0 Å². The molecular weight excluding hydrogens is 302 g/mol. The second kappa shape index (κ2) is 6.66. The molecule has 1 aromatic heterocycles. The van der Waals surface area contributed by atoms with E-state index in [-0.39, 0.29) is 11.8 Å². The van der Waals surface area contributed by atoms with Crippen molar-refractivity contribution >= 4 is 11.5 Å². The molecule has 0 radical (unpaired) electrons. The first-order chi connectivity index (χ1) is 11.5. The molecule has 122 valence electrons. The van der Waals surface area contributed by atoms with E-state index < -0.39 is 0 Å². The van der Waals surface area contributed by atoms with Gasteiger partial charge >= 0.3 is 0 Å². The molecule has 1 heterocycles. The molecule has 1 N–H and O–H groups in total. The number of hydrogen-bond donors (Lipinski definition) is 1. The largest absolute Gasteiger partial charge is 0.418 e. The quantitative estimate of drug-likeness (QED) is 0.704. The average Bonchev–Trinajstić information content (AvgIpc) is 3.06. The number of nitrogens with zero attached hydrogens (tertiary/aromatic N) is 2. The van der Waals surface area contributed by atoms with Gasteiger partial charge in [-0.15, -0.1) is 10.2 Å². The zero-order chi connectivity index (χ0) is 17.1. The third kappa shape index (κ3) is 3.51. The molecule has 0 aliphatic heterocycles. The van der Waals surface area contributed by atoms with Gasteiger partial charge in [-0.2, -0.15) is 0 Å². The van der Waals surface area contributed by atoms with Crippen molar-refractivity contribution in [1.82, 2.24) is 10.2 Å². The standard InChI is InChI=1S/C19H19N3O2/c1-12-7-9-15(10-8-12)19-22-21-18(24-19)13(2)20-17-6-4-5-16(11-17)14(3)23/h4-11,13,20H,1-3H3. The van der Waals surface area contributed by atoms with Crippen LogP contribution in [0.5, 0.6) is 0 Å². The first kappa shape index (κ1) is 15.9. The van der Waals surface area contributed by atoms with E-state index in [0.717, 1.165) is 11.3 Å². The number of anilines is 1. The Balaban J connectivity index is 1.76. The molecule has 5 nitrogen and oxygen atoms in total. The van der Waals surface area contributed by atoms with Gasteiger partial charge in [0.25, 0.3) is 0 Å². The van der Waals surface area contributed by atoms with E-state index in [1.54, 1.807) is 13.0 Å². The molecule has 0 saturated heterocycles. The first-order valence-electron chi connectivity index (χ1n) is 7.81. The van der Waals surface area contributed by atoms with Gasteiger partial charge in [-0.3, -0.25) is 4.79 Å². The Labute approximate surface area is 140 Å². The highest BCUT2D eigenvalue weighted by Gasteiger charge is 2.15. The SMILES string of the molecule is CC(=O)c1cccc(NC(C)c2nnc(-c3ccc(C)cc3)o2)c1. The first-order valence-corrected chi connectivity index (χ1v) is 7.81. The highest BCUT2D eigenvalue weighted by atomic mass is 16.4. The summed E-state index contributed by atoms with van der Waals surface area (Å²) in [7, 11) is 0. The third-order valence-corrected chi connectivity index (χ3v) is 3.76. The van der Waals surface area contributed by atoms with Crippen molar-refractivity contribution in [2.24, 2.45) is 0 Å². The van der Waals surface area contributed by atoms with Gasteiger partial charge in [0.15, 0.2) is 5.78 Å². The van der Waals surface area contributed by atoms with Crippen LogP contribution in [0.25, 0.3) is 11.5 Å². The molecule has 0 fully saturated rings. The van der Waals surface area contributed by atoms with Crippen LogP contribution < -0.4 is 5.32 Å². The number of benzene rings is 2. The lowest BCUT2D eigenvalue weighted by Crippen LogP contribution is -2.07. The summed E-state index contributed by atoms with van der Waals surface area (Å²) in [5, 5.41) is 11.5. The number of Topliss-reactive ketones (excluding diaryl/α,β-unsaturated/α-hetero) is 1. The topological polar surface area (TPSA) is 68.0 Å². The summed E-state index contributed by atoms with van der Waals surface area (Å²) in [5.41, 5.74) is 3.58. The Morgan fingerprint density at radius 1 is 1.12 bits per heavy atom. The molecule has 0 aliphatic carbocycles. The van der Waals surface area contributed by atoms with Crippen molar-refractivity contribution in [3.8, 4) is 11.5 Å². The minimum Gasteiger partial charge on any atom is -0.418 e. The summed E-state index contributed by atoms with van der Waals surface area (Å²) in [6.07, 6.45) is 0. The maximum Gasteiger partial charge on any atom is 0.247 e. The second-order valence-electron chi connectivity index (χ2n) is 5.81. The van der Waals surface area contributed by atoms with Crippen LogP contribution in [0.1, 0.15) is 41.7 Å². The summed E-state index contributed by atoms with van der Waals surface area (Å²) in [6, 6.07) is 15.1. The number of aromatic nitrogens is 2. The van der Waals surface area contributed by atoms with Crippen molar-refractivity contribution in [3.63, 3.8) is 0 Å². The number of hydrogen-bond acceptors (Lipinski definition) is 5. The zero-order valence-electron chi connectivity index (χ0n) is 13.9. The molecule has 24 heavy (non-hydrogen) atoms. The molecule has 3 aromatic rings. The van der Waals surface area contributed by atoms with Crippen LogP contribution in [0.3, 0.4) is 0 Å². The van der Waals surface area contributed by atoms with Crippen LogP contribution in [0, 0.1) is 6.92 Å². The third-order valence-electron chi connectivity index (χ3n) is 3.76. The van der Waals surface area contributed by atoms with Gasteiger partial charge in [0.1, 0.15) is 6.04 Å². The number of nitrogens with one attached hydrogen (secondary N) is 1. The van der Waals surface area contributed by atoms with Gasteiger partial charge in [0.2, 0.25) is 11.8 Å². The molecule has 0 amide bonds. The van der Waals surface area contributed by atoms with E-state index in [2.05, 4.69) is 15.5 Å². The molecule has 2 aromatic carbocycles. The van der Waals surface area contributed by atoms with Gasteiger partial charge < -0.3 is 9.73 Å². The number of carbonyl (C=O) groups is 1. The second-order valence-corrected chi connectivity index (χ2v) is 5.81. The van der Waals surface area contributed by atoms with Gasteiger partial charge in [0.05, 0.1) is 0 Å². The lowest BCUT2D eigenvalue weighted by molar-refractivity contribution is 0.101. The monoisotopic (exact) mass is 321 g/mol. The van der Waals surface area contributed by atoms with E-state index in [4.69, 9.17) is 4.42 Å². The van der Waals surface area contributed by atoms with Crippen LogP contribution in [-0.2, 0) is 0 Å². The van der Waals surface area contributed by atoms with Crippen molar-refractivity contribution < 1.29 is 9.21 Å². The van der Waals surface area contributed by atoms with Gasteiger partial charge in [-0.05, 0) is 45.0 Å². The molecule has 0 saturated carbocycles. The molecular formula is C19H19N3O2. The maximum absolute atomic E-state index is 11.5. The Morgan fingerprint density at radius 3 is 2.58 bits per heavy atom. The molecule has 1 atom stereocenters. The zero-order valence-corrected chi connectivity index (χ0v) is 13.9. The number of ketones is 1. The van der Waals surface area contributed by atoms with E-state index in [9.17, 15) is 4.79 Å². The predicted molar refractivity (Wildman–Crippen MR) is 93.0 cm³/mol. The summed E-state index contributed by atoms with van der Waals surface area (Å²) in [4.78, 5) is 11.5. The minimum atomic E-state index is -0.168. The van der Waals surface area contributed by atoms with E-state index in [1.165, 1.54) is 5.56 Å². The fourth-order valence-corrected chi connectivity index (χ4v) is 2.36. The van der Waals surface area contributed by atoms with E-state index in [1.807, 2.05) is 56.3 Å². The molecule has 0 spiro atoms. The lowest BCUT2D eigenvalue weighted by atomic mass is 10.1. The van der Waals surface area contributed by atoms with Gasteiger partial charge in [-0.25, -0.2) is 0 Å². The summed E-state index contributed by atoms with van der Waals surface area (Å²) in [6.45, 7) is 5.52. The van der Waals surface area contributed by atoms with Crippen LogP contribution in [0.15, 0.2) is 52.9 Å². The highest BCUT2D eigenvalue weighted by Crippen LogP contribution is 2.23. The smallest absolute Gasteiger partial charge is 0.247 e. The van der Waals surface area contributed by atoms with Crippen LogP contribution in [0.4, 0.5) is 5.69 Å². The molecule has 0 bridgehead atoms. The van der Waals surface area contributed by atoms with Crippen molar-refractivity contribution in [3.05, 3.63) is 65.5 Å². The van der Waals surface area contributed by atoms with Crippen molar-refractivity contribution in [2.45, 2.75) is 26.8 Å². The fourth-order valence-electron chi connectivity index (χ4n) is 2.36. The van der Waals surface area contributed by atoms with E-state index in [0.29, 0.717) is 17.3 Å². The lowest BCUT2D eigenvalue weighted by Gasteiger charge is -2.12. The number of carbonyl (C=O) groups excluding carboxylic acids is 1. The average molecular weight is 321 g/mol. The Morgan fingerprint density at radius 2 is 1.88 bits per heavy atom. The summed E-state index contributed by atoms with van der Waals surface area (Å²) in [5.74, 6) is 1.03. The molecule has 3 rings (SSSR count). The molecule has 0 aliphatic rings. The van der Waals surface area contributed by atoms with Gasteiger partial charge in [0, 0.05) is 16.8 Å². The van der Waals surface area contributed by atoms with Crippen molar-refractivity contribution in [2.75, 3.05) is 5.32 Å². The summed E-state index contributed by atoms with van der Waals surface area (Å²) < 4.78 is 5.77. The van der Waals surface area contributed by atoms with Crippen molar-refractivity contribution in [1.29, 1.82) is 0 Å². The highest BCUT2D eigenvalue weighted by molar-refractivity contribution is 5.94. The Bertz CT molecular complexity index is 853. The Hall–Kier alpha value is -2.95. The fraction of sp³-hybridized carbons (Fsp3) is 0.211.